The van der Waals surface area contributed by atoms with Gasteiger partial charge in [-0.15, -0.1) is 0 Å². The topological polar surface area (TPSA) is 0 Å². The van der Waals surface area contributed by atoms with Crippen LogP contribution in [0.2, 0.25) is 0 Å². The molecule has 0 heterocycles. The van der Waals surface area contributed by atoms with Gasteiger partial charge in [0.1, 0.15) is 0 Å². The highest BCUT2D eigenvalue weighted by molar-refractivity contribution is 8.06. The minimum atomic E-state index is 1.09. The van der Waals surface area contributed by atoms with Crippen molar-refractivity contribution >= 4 is 23.5 Å². The molecule has 0 nitrogen and oxygen atoms in total. The fraction of sp³-hybridized carbons (Fsp3) is 0. The van der Waals surface area contributed by atoms with Gasteiger partial charge in [-0.2, -0.15) is 0 Å². The van der Waals surface area contributed by atoms with E-state index in [9.17, 15) is 0 Å². The quantitative estimate of drug-likeness (QED) is 0.525. The van der Waals surface area contributed by atoms with Crippen LogP contribution in [-0.2, 0) is 0 Å². The molecule has 2 heteroatoms. The third-order valence-electron chi connectivity index (χ3n) is 1.41. The molecule has 84 valence electrons. The average Bonchev–Trinajstić information content (AvgIpc) is 2.27. The van der Waals surface area contributed by atoms with Gasteiger partial charge in [-0.3, -0.25) is 0 Å². The van der Waals surface area contributed by atoms with Crippen LogP contribution >= 0.6 is 23.5 Å². The van der Waals surface area contributed by atoms with Gasteiger partial charge in [0.25, 0.3) is 0 Å². The van der Waals surface area contributed by atoms with Gasteiger partial charge >= 0.3 is 0 Å². The van der Waals surface area contributed by atoms with E-state index in [1.807, 2.05) is 24.3 Å². The minimum Gasteiger partial charge on any atom is -0.0990 e. The van der Waals surface area contributed by atoms with Gasteiger partial charge in [0.15, 0.2) is 0 Å². The van der Waals surface area contributed by atoms with Crippen molar-refractivity contribution in [1.82, 2.24) is 0 Å². The first kappa shape index (κ1) is 14.9. The third-order valence-corrected chi connectivity index (χ3v) is 2.84. The lowest BCUT2D eigenvalue weighted by Crippen LogP contribution is -1.70. The average molecular weight is 248 g/mol. The Morgan fingerprint density at radius 1 is 0.688 bits per heavy atom. The summed E-state index contributed by atoms with van der Waals surface area (Å²) in [6.45, 7) is 14.7. The van der Waals surface area contributed by atoms with Crippen molar-refractivity contribution in [3.05, 3.63) is 83.4 Å². The van der Waals surface area contributed by atoms with Crippen molar-refractivity contribution in [2.75, 3.05) is 0 Å². The summed E-state index contributed by atoms with van der Waals surface area (Å²) in [5.74, 6) is 0. The zero-order valence-corrected chi connectivity index (χ0v) is 10.9. The molecule has 0 atom stereocenters. The lowest BCUT2D eigenvalue weighted by atomic mass is 10.4. The Hall–Kier alpha value is -1.12. The molecule has 0 bridgehead atoms. The van der Waals surface area contributed by atoms with Crippen LogP contribution in [0.5, 0.6) is 0 Å². The molecule has 0 aromatic rings. The number of thioether (sulfide) groups is 2. The number of rotatable bonds is 8. The van der Waals surface area contributed by atoms with Crippen molar-refractivity contribution in [1.29, 1.82) is 0 Å². The van der Waals surface area contributed by atoms with Crippen molar-refractivity contribution in [3.8, 4) is 0 Å². The molecule has 0 aliphatic heterocycles. The number of allylic oxidation sites excluding steroid dienone is 6. The molecule has 0 saturated carbocycles. The van der Waals surface area contributed by atoms with Crippen LogP contribution < -0.4 is 0 Å². The second kappa shape index (κ2) is 10.4. The SMILES string of the molecule is C=C/C=C(/C=C/C(=C/C=C)SC=C)SC=C. The van der Waals surface area contributed by atoms with Crippen molar-refractivity contribution in [2.24, 2.45) is 0 Å². The monoisotopic (exact) mass is 248 g/mol. The van der Waals surface area contributed by atoms with Gasteiger partial charge in [0.2, 0.25) is 0 Å². The lowest BCUT2D eigenvalue weighted by molar-refractivity contribution is 1.81. The molecular formula is C14H16S2. The molecule has 0 aromatic carbocycles. The predicted octanol–water partition coefficient (Wildman–Crippen LogP) is 5.44. The Kier molecular flexibility index (Phi) is 9.67. The highest BCUT2D eigenvalue weighted by Gasteiger charge is 1.91. The molecule has 0 aromatic heterocycles. The van der Waals surface area contributed by atoms with Crippen LogP contribution in [0.3, 0.4) is 0 Å². The first-order valence-electron chi connectivity index (χ1n) is 4.67. The highest BCUT2D eigenvalue weighted by atomic mass is 32.2. The van der Waals surface area contributed by atoms with E-state index in [-0.39, 0.29) is 0 Å². The predicted molar refractivity (Wildman–Crippen MR) is 81.3 cm³/mol. The second-order valence-corrected chi connectivity index (χ2v) is 4.59. The van der Waals surface area contributed by atoms with Crippen LogP contribution in [0.15, 0.2) is 83.4 Å². The van der Waals surface area contributed by atoms with Gasteiger partial charge in [-0.05, 0) is 35.1 Å². The maximum absolute atomic E-state index is 3.68. The van der Waals surface area contributed by atoms with E-state index in [1.54, 1.807) is 46.5 Å². The van der Waals surface area contributed by atoms with Crippen LogP contribution in [0.25, 0.3) is 0 Å². The molecule has 0 aliphatic rings. The van der Waals surface area contributed by atoms with Crippen LogP contribution in [0.1, 0.15) is 0 Å². The van der Waals surface area contributed by atoms with Crippen molar-refractivity contribution in [2.45, 2.75) is 0 Å². The first-order chi connectivity index (χ1) is 7.78. The van der Waals surface area contributed by atoms with E-state index in [2.05, 4.69) is 26.3 Å². The summed E-state index contributed by atoms with van der Waals surface area (Å²) in [4.78, 5) is 2.18. The Bertz CT molecular complexity index is 310. The lowest BCUT2D eigenvalue weighted by Gasteiger charge is -1.97. The van der Waals surface area contributed by atoms with E-state index in [1.165, 1.54) is 0 Å². The van der Waals surface area contributed by atoms with Gasteiger partial charge in [0.05, 0.1) is 0 Å². The normalized spacial score (nSPS) is 12.5. The van der Waals surface area contributed by atoms with E-state index >= 15 is 0 Å². The summed E-state index contributed by atoms with van der Waals surface area (Å²) in [6, 6.07) is 0. The molecule has 0 radical (unpaired) electrons. The minimum absolute atomic E-state index is 1.09. The molecule has 0 N–H and O–H groups in total. The molecular weight excluding hydrogens is 232 g/mol. The molecule has 0 unspecified atom stereocenters. The Balaban J connectivity index is 4.73. The molecule has 0 saturated heterocycles. The van der Waals surface area contributed by atoms with E-state index in [0.29, 0.717) is 0 Å². The number of hydrogen-bond acceptors (Lipinski definition) is 2. The second-order valence-electron chi connectivity index (χ2n) is 2.51. The summed E-state index contributed by atoms with van der Waals surface area (Å²) in [6.07, 6.45) is 11.4. The van der Waals surface area contributed by atoms with E-state index < -0.39 is 0 Å². The van der Waals surface area contributed by atoms with Crippen LogP contribution in [0, 0.1) is 0 Å². The van der Waals surface area contributed by atoms with Crippen LogP contribution in [-0.4, -0.2) is 0 Å². The Labute approximate surface area is 107 Å². The molecule has 0 aliphatic carbocycles. The smallest absolute Gasteiger partial charge is 0.0116 e. The van der Waals surface area contributed by atoms with Crippen molar-refractivity contribution in [3.63, 3.8) is 0 Å². The Morgan fingerprint density at radius 3 is 1.31 bits per heavy atom. The third kappa shape index (κ3) is 7.21. The van der Waals surface area contributed by atoms with Gasteiger partial charge < -0.3 is 0 Å². The Morgan fingerprint density at radius 2 is 1.06 bits per heavy atom. The van der Waals surface area contributed by atoms with Gasteiger partial charge in [-0.25, -0.2) is 0 Å². The maximum atomic E-state index is 3.68. The first-order valence-corrected chi connectivity index (χ1v) is 6.43. The largest absolute Gasteiger partial charge is 0.0990 e. The highest BCUT2D eigenvalue weighted by Crippen LogP contribution is 2.22. The molecule has 0 spiro atoms. The summed E-state index contributed by atoms with van der Waals surface area (Å²) in [5, 5.41) is 3.58. The van der Waals surface area contributed by atoms with Crippen molar-refractivity contribution < 1.29 is 0 Å². The zero-order valence-electron chi connectivity index (χ0n) is 9.26. The van der Waals surface area contributed by atoms with Gasteiger partial charge in [0, 0.05) is 9.81 Å². The summed E-state index contributed by atoms with van der Waals surface area (Å²) < 4.78 is 0. The number of hydrogen-bond donors (Lipinski definition) is 0. The van der Waals surface area contributed by atoms with E-state index in [4.69, 9.17) is 0 Å². The van der Waals surface area contributed by atoms with E-state index in [0.717, 1.165) is 9.81 Å². The fourth-order valence-corrected chi connectivity index (χ4v) is 1.88. The molecule has 0 amide bonds. The molecule has 0 fully saturated rings. The standard InChI is InChI=1S/C14H16S2/c1-5-9-13(15-7-3)11-12-14(10-6-2)16-8-4/h5-12H,1-4H2/b12-11+,13-9-,14-10-. The molecule has 16 heavy (non-hydrogen) atoms. The summed E-state index contributed by atoms with van der Waals surface area (Å²) in [5.41, 5.74) is 0. The summed E-state index contributed by atoms with van der Waals surface area (Å²) in [7, 11) is 0. The molecule has 0 rings (SSSR count). The zero-order chi connectivity index (χ0) is 12.2. The van der Waals surface area contributed by atoms with Crippen LogP contribution in [0.4, 0.5) is 0 Å². The van der Waals surface area contributed by atoms with Gasteiger partial charge in [-0.1, -0.05) is 62.0 Å². The fourth-order valence-electron chi connectivity index (χ4n) is 0.857. The maximum Gasteiger partial charge on any atom is 0.0116 e. The summed E-state index contributed by atoms with van der Waals surface area (Å²) >= 11 is 3.12.